The number of anilines is 2. The predicted octanol–water partition coefficient (Wildman–Crippen LogP) is 7.73. The lowest BCUT2D eigenvalue weighted by Gasteiger charge is -2.31. The second-order valence-corrected chi connectivity index (χ2v) is 13.1. The third-order valence-corrected chi connectivity index (χ3v) is 8.36. The monoisotopic (exact) mass is 495 g/mol. The van der Waals surface area contributed by atoms with Crippen molar-refractivity contribution in [3.8, 4) is 0 Å². The molecule has 0 bridgehead atoms. The number of nitrogens with zero attached hydrogens (tertiary/aromatic N) is 1. The van der Waals surface area contributed by atoms with Gasteiger partial charge in [-0.05, 0) is 43.0 Å². The molecule has 1 aromatic heterocycles. The van der Waals surface area contributed by atoms with Crippen molar-refractivity contribution in [1.82, 2.24) is 0 Å². The molecular weight excluding hydrogens is 476 g/mol. The van der Waals surface area contributed by atoms with Gasteiger partial charge in [0, 0.05) is 15.7 Å². The molecule has 0 aliphatic rings. The molecule has 0 atom stereocenters. The largest absolute Gasteiger partial charge is 0.280 e. The van der Waals surface area contributed by atoms with E-state index in [2.05, 4.69) is 87.2 Å². The minimum atomic E-state index is -0.874. The third kappa shape index (κ3) is 3.00. The molecule has 4 rings (SSSR count). The maximum absolute atomic E-state index is 14.3. The minimum absolute atomic E-state index is 0.144. The van der Waals surface area contributed by atoms with Gasteiger partial charge in [-0.2, -0.15) is 0 Å². The summed E-state index contributed by atoms with van der Waals surface area (Å²) in [4.78, 5) is 1.37. The van der Waals surface area contributed by atoms with Crippen LogP contribution < -0.4 is 3.11 Å². The van der Waals surface area contributed by atoms with E-state index in [1.807, 2.05) is 6.07 Å². The highest BCUT2D eigenvalue weighted by Crippen LogP contribution is 2.53. The van der Waals surface area contributed by atoms with Gasteiger partial charge in [-0.3, -0.25) is 3.11 Å². The fourth-order valence-electron chi connectivity index (χ4n) is 3.19. The highest BCUT2D eigenvalue weighted by Gasteiger charge is 2.20. The standard InChI is InChI=1S/C21H19FINS2/c1-26(2,3)19-13-5-4-11-17(19)24(23)18-12-7-9-15-14-8-6-10-16(22)20(14)25-21(15)18/h4-13H,1-3H3. The Bertz CT molecular complexity index is 1110. The summed E-state index contributed by atoms with van der Waals surface area (Å²) in [6.45, 7) is 0. The number of hydrogen-bond donors (Lipinski definition) is 0. The first-order valence-electron chi connectivity index (χ1n) is 8.21. The molecule has 134 valence electrons. The number of hydrogen-bond acceptors (Lipinski definition) is 2. The summed E-state index contributed by atoms with van der Waals surface area (Å²) >= 11 is 3.92. The number of benzene rings is 3. The molecule has 1 nitrogen and oxygen atoms in total. The zero-order valence-corrected chi connectivity index (χ0v) is 18.6. The molecule has 1 heterocycles. The Morgan fingerprint density at radius 3 is 2.15 bits per heavy atom. The smallest absolute Gasteiger partial charge is 0.141 e. The Labute approximate surface area is 172 Å². The molecule has 0 N–H and O–H groups in total. The van der Waals surface area contributed by atoms with E-state index in [0.717, 1.165) is 25.9 Å². The molecule has 0 aliphatic heterocycles. The average molecular weight is 495 g/mol. The number of halogens is 2. The second-order valence-electron chi connectivity index (χ2n) is 6.96. The second kappa shape index (κ2) is 6.69. The van der Waals surface area contributed by atoms with Crippen LogP contribution in [-0.2, 0) is 0 Å². The van der Waals surface area contributed by atoms with Crippen LogP contribution in [0.25, 0.3) is 20.2 Å². The molecule has 3 aromatic carbocycles. The van der Waals surface area contributed by atoms with Crippen LogP contribution in [-0.4, -0.2) is 18.8 Å². The molecule has 0 spiro atoms. The van der Waals surface area contributed by atoms with Crippen LogP contribution >= 0.6 is 44.2 Å². The number of thiophene rings is 1. The fourth-order valence-corrected chi connectivity index (χ4v) is 6.83. The van der Waals surface area contributed by atoms with Crippen LogP contribution in [0, 0.1) is 5.82 Å². The van der Waals surface area contributed by atoms with E-state index in [-0.39, 0.29) is 5.82 Å². The van der Waals surface area contributed by atoms with Crippen molar-refractivity contribution in [2.45, 2.75) is 4.90 Å². The van der Waals surface area contributed by atoms with Gasteiger partial charge < -0.3 is 0 Å². The first-order chi connectivity index (χ1) is 12.4. The maximum atomic E-state index is 14.3. The van der Waals surface area contributed by atoms with Crippen molar-refractivity contribution < 1.29 is 4.39 Å². The van der Waals surface area contributed by atoms with Crippen molar-refractivity contribution in [3.63, 3.8) is 0 Å². The molecule has 0 radical (unpaired) electrons. The maximum Gasteiger partial charge on any atom is 0.141 e. The quantitative estimate of drug-likeness (QED) is 0.208. The van der Waals surface area contributed by atoms with Gasteiger partial charge >= 0.3 is 0 Å². The van der Waals surface area contributed by atoms with Crippen LogP contribution in [0.5, 0.6) is 0 Å². The van der Waals surface area contributed by atoms with Crippen LogP contribution in [0.2, 0.25) is 0 Å². The third-order valence-electron chi connectivity index (χ3n) is 4.40. The van der Waals surface area contributed by atoms with Crippen LogP contribution in [0.3, 0.4) is 0 Å². The lowest BCUT2D eigenvalue weighted by Crippen LogP contribution is -2.06. The molecule has 0 saturated carbocycles. The summed E-state index contributed by atoms with van der Waals surface area (Å²) in [5.74, 6) is -0.144. The average Bonchev–Trinajstić information content (AvgIpc) is 3.01. The normalized spacial score (nSPS) is 12.7. The van der Waals surface area contributed by atoms with Crippen molar-refractivity contribution in [3.05, 3.63) is 66.5 Å². The van der Waals surface area contributed by atoms with Crippen LogP contribution in [0.4, 0.5) is 15.8 Å². The predicted molar refractivity (Wildman–Crippen MR) is 126 cm³/mol. The zero-order chi connectivity index (χ0) is 18.5. The van der Waals surface area contributed by atoms with Crippen LogP contribution in [0.15, 0.2) is 65.6 Å². The van der Waals surface area contributed by atoms with E-state index >= 15 is 0 Å². The first-order valence-corrected chi connectivity index (χ1v) is 12.8. The molecular formula is C21H19FINS2. The lowest BCUT2D eigenvalue weighted by atomic mass is 10.1. The first kappa shape index (κ1) is 18.1. The molecule has 5 heteroatoms. The van der Waals surface area contributed by atoms with E-state index in [1.165, 1.54) is 28.0 Å². The van der Waals surface area contributed by atoms with Gasteiger partial charge in [-0.1, -0.05) is 36.4 Å². The molecule has 0 saturated heterocycles. The molecule has 0 aliphatic carbocycles. The van der Waals surface area contributed by atoms with E-state index < -0.39 is 10.0 Å². The van der Waals surface area contributed by atoms with Gasteiger partial charge in [0.2, 0.25) is 0 Å². The van der Waals surface area contributed by atoms with Crippen molar-refractivity contribution in [2.75, 3.05) is 21.9 Å². The van der Waals surface area contributed by atoms with Gasteiger partial charge in [0.15, 0.2) is 0 Å². The summed E-state index contributed by atoms with van der Waals surface area (Å²) in [7, 11) is -0.874. The number of rotatable bonds is 3. The van der Waals surface area contributed by atoms with E-state index in [9.17, 15) is 4.39 Å². The molecule has 0 amide bonds. The SMILES string of the molecule is CS(C)(C)c1ccccc1N(I)c1cccc2c1sc1c(F)cccc12. The van der Waals surface area contributed by atoms with Crippen molar-refractivity contribution in [1.29, 1.82) is 0 Å². The molecule has 0 fully saturated rings. The summed E-state index contributed by atoms with van der Waals surface area (Å²) < 4.78 is 18.4. The van der Waals surface area contributed by atoms with Gasteiger partial charge in [-0.25, -0.2) is 14.4 Å². The molecule has 4 aromatic rings. The highest BCUT2D eigenvalue weighted by atomic mass is 127. The van der Waals surface area contributed by atoms with Gasteiger partial charge in [0.25, 0.3) is 0 Å². The van der Waals surface area contributed by atoms with Gasteiger partial charge in [-0.15, -0.1) is 11.3 Å². The topological polar surface area (TPSA) is 3.24 Å². The Morgan fingerprint density at radius 2 is 1.42 bits per heavy atom. The summed E-state index contributed by atoms with van der Waals surface area (Å²) in [6, 6.07) is 20.2. The van der Waals surface area contributed by atoms with Crippen molar-refractivity contribution in [2.24, 2.45) is 0 Å². The Balaban J connectivity index is 1.96. The van der Waals surface area contributed by atoms with Gasteiger partial charge in [0.05, 0.1) is 43.6 Å². The van der Waals surface area contributed by atoms with E-state index in [4.69, 9.17) is 0 Å². The Hall–Kier alpha value is -1.31. The molecule has 26 heavy (non-hydrogen) atoms. The van der Waals surface area contributed by atoms with Crippen molar-refractivity contribution >= 4 is 75.8 Å². The fraction of sp³-hybridized carbons (Fsp3) is 0.143. The number of fused-ring (bicyclic) bond motifs is 3. The Kier molecular flexibility index (Phi) is 4.65. The summed E-state index contributed by atoms with van der Waals surface area (Å²) in [5.41, 5.74) is 2.32. The van der Waals surface area contributed by atoms with Crippen LogP contribution in [0.1, 0.15) is 0 Å². The minimum Gasteiger partial charge on any atom is -0.280 e. The number of para-hydroxylation sites is 1. The summed E-state index contributed by atoms with van der Waals surface area (Å²) in [5, 5.41) is 2.11. The molecule has 0 unspecified atom stereocenters. The zero-order valence-electron chi connectivity index (χ0n) is 14.8. The highest BCUT2D eigenvalue weighted by molar-refractivity contribution is 14.1. The van der Waals surface area contributed by atoms with E-state index in [0.29, 0.717) is 0 Å². The summed E-state index contributed by atoms with van der Waals surface area (Å²) in [6.07, 6.45) is 6.93. The lowest BCUT2D eigenvalue weighted by molar-refractivity contribution is 0.642. The van der Waals surface area contributed by atoms with Gasteiger partial charge in [0.1, 0.15) is 5.82 Å². The Morgan fingerprint density at radius 1 is 0.808 bits per heavy atom. The van der Waals surface area contributed by atoms with E-state index in [1.54, 1.807) is 6.07 Å².